The smallest absolute Gasteiger partial charge is 0.225 e. The third-order valence-corrected chi connectivity index (χ3v) is 4.12. The average Bonchev–Trinajstić information content (AvgIpc) is 2.20. The summed E-state index contributed by atoms with van der Waals surface area (Å²) in [5.74, 6) is 0.168. The molecule has 0 aromatic rings. The molecule has 1 heterocycles. The van der Waals surface area contributed by atoms with E-state index in [0.717, 1.165) is 32.4 Å². The van der Waals surface area contributed by atoms with Crippen LogP contribution in [0.1, 0.15) is 19.3 Å². The monoisotopic (exact) mass is 245 g/mol. The summed E-state index contributed by atoms with van der Waals surface area (Å²) in [6, 6.07) is 1.65. The molecular weight excluding hydrogens is 226 g/mol. The van der Waals surface area contributed by atoms with Gasteiger partial charge in [-0.2, -0.15) is 5.26 Å². The maximum atomic E-state index is 11.2. The van der Waals surface area contributed by atoms with Gasteiger partial charge in [-0.25, -0.2) is 13.1 Å². The van der Waals surface area contributed by atoms with Crippen molar-refractivity contribution in [1.29, 1.82) is 5.26 Å². The molecule has 16 heavy (non-hydrogen) atoms. The molecule has 1 rings (SSSR count). The molecule has 5 nitrogen and oxygen atoms in total. The second kappa shape index (κ2) is 6.18. The average molecular weight is 245 g/mol. The molecule has 0 radical (unpaired) electrons. The Morgan fingerprint density at radius 2 is 2.06 bits per heavy atom. The first-order chi connectivity index (χ1) is 7.53. The van der Waals surface area contributed by atoms with Gasteiger partial charge < -0.3 is 4.90 Å². The maximum absolute atomic E-state index is 11.2. The van der Waals surface area contributed by atoms with Gasteiger partial charge in [0.05, 0.1) is 6.07 Å². The molecule has 0 atom stereocenters. The number of nitrogens with zero attached hydrogens (tertiary/aromatic N) is 2. The highest BCUT2D eigenvalue weighted by atomic mass is 32.2. The van der Waals surface area contributed by atoms with E-state index in [1.54, 1.807) is 6.07 Å². The minimum absolute atomic E-state index is 0.444. The van der Waals surface area contributed by atoms with E-state index in [1.165, 1.54) is 0 Å². The third-order valence-electron chi connectivity index (χ3n) is 2.97. The van der Waals surface area contributed by atoms with E-state index >= 15 is 0 Å². The fraction of sp³-hybridized carbons (Fsp3) is 0.900. The Kier molecular flexibility index (Phi) is 5.19. The highest BCUT2D eigenvalue weighted by Crippen LogP contribution is 2.18. The van der Waals surface area contributed by atoms with Crippen molar-refractivity contribution in [2.24, 2.45) is 5.92 Å². The number of sulfonamides is 1. The van der Waals surface area contributed by atoms with Gasteiger partial charge in [0, 0.05) is 6.54 Å². The topological polar surface area (TPSA) is 73.2 Å². The van der Waals surface area contributed by atoms with Gasteiger partial charge in [0.15, 0.2) is 5.75 Å². The van der Waals surface area contributed by atoms with Crippen LogP contribution in [-0.4, -0.2) is 45.8 Å². The first-order valence-corrected chi connectivity index (χ1v) is 7.21. The van der Waals surface area contributed by atoms with E-state index in [1.807, 2.05) is 0 Å². The van der Waals surface area contributed by atoms with Crippen molar-refractivity contribution in [3.63, 3.8) is 0 Å². The Bertz CT molecular complexity index is 340. The van der Waals surface area contributed by atoms with Gasteiger partial charge in [0.1, 0.15) is 0 Å². The lowest BCUT2D eigenvalue weighted by molar-refractivity contribution is 0.213. The van der Waals surface area contributed by atoms with E-state index < -0.39 is 15.8 Å². The van der Waals surface area contributed by atoms with Gasteiger partial charge in [0.2, 0.25) is 10.0 Å². The van der Waals surface area contributed by atoms with Crippen LogP contribution in [0.2, 0.25) is 0 Å². The van der Waals surface area contributed by atoms with E-state index in [0.29, 0.717) is 12.5 Å². The summed E-state index contributed by atoms with van der Waals surface area (Å²) in [4.78, 5) is 2.29. The van der Waals surface area contributed by atoms with Gasteiger partial charge in [0.25, 0.3) is 0 Å². The van der Waals surface area contributed by atoms with Crippen molar-refractivity contribution in [3.8, 4) is 6.07 Å². The molecule has 0 aromatic carbocycles. The molecule has 6 heteroatoms. The van der Waals surface area contributed by atoms with Gasteiger partial charge in [-0.1, -0.05) is 0 Å². The van der Waals surface area contributed by atoms with Gasteiger partial charge in [-0.15, -0.1) is 0 Å². The molecular formula is C10H19N3O2S. The standard InChI is InChI=1S/C10H19N3O2S/c1-13-7-3-10(4-8-13)2-6-12-16(14,15)9-5-11/h10,12H,2-4,6-9H2,1H3. The van der Waals surface area contributed by atoms with Crippen LogP contribution in [0.4, 0.5) is 0 Å². The zero-order chi connectivity index (χ0) is 12.0. The van der Waals surface area contributed by atoms with Crippen molar-refractivity contribution in [3.05, 3.63) is 0 Å². The van der Waals surface area contributed by atoms with Crippen LogP contribution in [0.5, 0.6) is 0 Å². The SMILES string of the molecule is CN1CCC(CCNS(=O)(=O)CC#N)CC1. The van der Waals surface area contributed by atoms with Crippen LogP contribution >= 0.6 is 0 Å². The summed E-state index contributed by atoms with van der Waals surface area (Å²) in [6.45, 7) is 2.64. The molecule has 1 fully saturated rings. The minimum Gasteiger partial charge on any atom is -0.306 e. The Morgan fingerprint density at radius 1 is 1.44 bits per heavy atom. The third kappa shape index (κ3) is 4.92. The zero-order valence-corrected chi connectivity index (χ0v) is 10.5. The van der Waals surface area contributed by atoms with Crippen LogP contribution in [0.25, 0.3) is 0 Å². The second-order valence-corrected chi connectivity index (χ2v) is 6.15. The maximum Gasteiger partial charge on any atom is 0.225 e. The molecule has 0 aliphatic carbocycles. The molecule has 0 aromatic heterocycles. The van der Waals surface area contributed by atoms with Gasteiger partial charge in [-0.05, 0) is 45.3 Å². The Hall–Kier alpha value is -0.640. The fourth-order valence-corrected chi connectivity index (χ4v) is 2.61. The Labute approximate surface area is 97.5 Å². The Balaban J connectivity index is 2.19. The minimum atomic E-state index is -3.36. The summed E-state index contributed by atoms with van der Waals surface area (Å²) >= 11 is 0. The lowest BCUT2D eigenvalue weighted by atomic mass is 9.94. The summed E-state index contributed by atoms with van der Waals surface area (Å²) in [5, 5.41) is 8.30. The molecule has 0 bridgehead atoms. The van der Waals surface area contributed by atoms with Crippen molar-refractivity contribution < 1.29 is 8.42 Å². The van der Waals surface area contributed by atoms with E-state index in [-0.39, 0.29) is 0 Å². The van der Waals surface area contributed by atoms with Crippen molar-refractivity contribution in [2.75, 3.05) is 32.4 Å². The number of nitriles is 1. The summed E-state index contributed by atoms with van der Waals surface area (Å²) in [6.07, 6.45) is 3.14. The highest BCUT2D eigenvalue weighted by molar-refractivity contribution is 7.89. The van der Waals surface area contributed by atoms with Crippen molar-refractivity contribution >= 4 is 10.0 Å². The summed E-state index contributed by atoms with van der Waals surface area (Å²) in [5.41, 5.74) is 0. The van der Waals surface area contributed by atoms with Crippen molar-refractivity contribution in [2.45, 2.75) is 19.3 Å². The predicted molar refractivity (Wildman–Crippen MR) is 62.2 cm³/mol. The molecule has 1 N–H and O–H groups in total. The molecule has 92 valence electrons. The lowest BCUT2D eigenvalue weighted by Crippen LogP contribution is -2.33. The molecule has 0 saturated carbocycles. The molecule has 0 amide bonds. The summed E-state index contributed by atoms with van der Waals surface area (Å²) in [7, 11) is -1.26. The van der Waals surface area contributed by atoms with E-state index in [9.17, 15) is 8.42 Å². The molecule has 0 spiro atoms. The number of nitrogens with one attached hydrogen (secondary N) is 1. The first kappa shape index (κ1) is 13.4. The van der Waals surface area contributed by atoms with Crippen LogP contribution in [0.3, 0.4) is 0 Å². The fourth-order valence-electron chi connectivity index (χ4n) is 1.91. The van der Waals surface area contributed by atoms with E-state index in [2.05, 4.69) is 16.7 Å². The van der Waals surface area contributed by atoms with Gasteiger partial charge >= 0.3 is 0 Å². The quantitative estimate of drug-likeness (QED) is 0.749. The van der Waals surface area contributed by atoms with Crippen molar-refractivity contribution in [1.82, 2.24) is 9.62 Å². The van der Waals surface area contributed by atoms with Gasteiger partial charge in [-0.3, -0.25) is 0 Å². The highest BCUT2D eigenvalue weighted by Gasteiger charge is 2.17. The Morgan fingerprint density at radius 3 is 2.62 bits per heavy atom. The van der Waals surface area contributed by atoms with Crippen LogP contribution in [0, 0.1) is 17.2 Å². The molecule has 1 aliphatic heterocycles. The number of rotatable bonds is 5. The lowest BCUT2D eigenvalue weighted by Gasteiger charge is -2.28. The number of hydrogen-bond donors (Lipinski definition) is 1. The molecule has 1 aliphatic rings. The number of hydrogen-bond acceptors (Lipinski definition) is 4. The second-order valence-electron chi connectivity index (χ2n) is 4.35. The molecule has 1 saturated heterocycles. The summed E-state index contributed by atoms with van der Waals surface area (Å²) < 4.78 is 24.8. The van der Waals surface area contributed by atoms with Crippen LogP contribution in [0.15, 0.2) is 0 Å². The zero-order valence-electron chi connectivity index (χ0n) is 9.65. The predicted octanol–water partition coefficient (Wildman–Crippen LogP) is 0.161. The normalized spacial score (nSPS) is 19.5. The van der Waals surface area contributed by atoms with Crippen LogP contribution < -0.4 is 4.72 Å². The van der Waals surface area contributed by atoms with E-state index in [4.69, 9.17) is 5.26 Å². The number of piperidine rings is 1. The number of likely N-dealkylation sites (tertiary alicyclic amines) is 1. The largest absolute Gasteiger partial charge is 0.306 e. The molecule has 0 unspecified atom stereocenters. The first-order valence-electron chi connectivity index (χ1n) is 5.56. The van der Waals surface area contributed by atoms with Crippen LogP contribution in [-0.2, 0) is 10.0 Å².